The van der Waals surface area contributed by atoms with Gasteiger partial charge in [-0.1, -0.05) is 32.9 Å². The van der Waals surface area contributed by atoms with Crippen molar-refractivity contribution in [3.8, 4) is 5.75 Å². The summed E-state index contributed by atoms with van der Waals surface area (Å²) in [5.74, 6) is 1.19. The van der Waals surface area contributed by atoms with Crippen LogP contribution in [0.15, 0.2) is 24.3 Å². The number of ether oxygens (including phenoxy) is 1. The van der Waals surface area contributed by atoms with Crippen LogP contribution in [0.1, 0.15) is 46.1 Å². The van der Waals surface area contributed by atoms with Gasteiger partial charge in [0.25, 0.3) is 5.91 Å². The monoisotopic (exact) mass is 304 g/mol. The third-order valence-electron chi connectivity index (χ3n) is 4.12. The summed E-state index contributed by atoms with van der Waals surface area (Å²) in [6, 6.07) is 7.99. The molecular weight excluding hydrogens is 276 g/mol. The lowest BCUT2D eigenvalue weighted by Gasteiger charge is -2.21. The van der Waals surface area contributed by atoms with Crippen molar-refractivity contribution in [3.63, 3.8) is 0 Å². The fourth-order valence-corrected chi connectivity index (χ4v) is 2.35. The van der Waals surface area contributed by atoms with E-state index in [1.54, 1.807) is 6.92 Å². The molecular formula is C18H28N2O2. The largest absolute Gasteiger partial charge is 0.481 e. The van der Waals surface area contributed by atoms with Gasteiger partial charge in [0.15, 0.2) is 6.10 Å². The summed E-state index contributed by atoms with van der Waals surface area (Å²) in [7, 11) is 0. The zero-order valence-corrected chi connectivity index (χ0v) is 14.1. The van der Waals surface area contributed by atoms with Gasteiger partial charge in [0.05, 0.1) is 0 Å². The van der Waals surface area contributed by atoms with Gasteiger partial charge in [-0.2, -0.15) is 0 Å². The van der Waals surface area contributed by atoms with E-state index in [0.717, 1.165) is 5.75 Å². The maximum absolute atomic E-state index is 12.1. The van der Waals surface area contributed by atoms with Crippen LogP contribution in [0, 0.1) is 5.92 Å². The van der Waals surface area contributed by atoms with E-state index in [-0.39, 0.29) is 17.4 Å². The second-order valence-electron chi connectivity index (χ2n) is 7.28. The predicted molar refractivity (Wildman–Crippen MR) is 88.9 cm³/mol. The minimum atomic E-state index is -0.526. The molecule has 2 atom stereocenters. The SMILES string of the molecule is CC(Oc1cccc(C(C)(C)C)c1)C(=O)NCC(N)C1CC1. The van der Waals surface area contributed by atoms with Gasteiger partial charge in [0, 0.05) is 12.6 Å². The molecule has 0 saturated heterocycles. The Balaban J connectivity index is 1.87. The van der Waals surface area contributed by atoms with Gasteiger partial charge in [-0.15, -0.1) is 0 Å². The number of nitrogens with one attached hydrogen (secondary N) is 1. The third-order valence-corrected chi connectivity index (χ3v) is 4.12. The fraction of sp³-hybridized carbons (Fsp3) is 0.611. The molecule has 1 fully saturated rings. The normalized spacial score (nSPS) is 17.7. The van der Waals surface area contributed by atoms with Gasteiger partial charge < -0.3 is 15.8 Å². The van der Waals surface area contributed by atoms with Crippen LogP contribution in [0.25, 0.3) is 0 Å². The molecule has 0 aromatic heterocycles. The molecule has 3 N–H and O–H groups in total. The Morgan fingerprint density at radius 3 is 2.68 bits per heavy atom. The molecule has 22 heavy (non-hydrogen) atoms. The molecule has 1 amide bonds. The molecule has 1 aromatic rings. The van der Waals surface area contributed by atoms with Crippen LogP contribution >= 0.6 is 0 Å². The molecule has 1 aliphatic carbocycles. The number of hydrogen-bond acceptors (Lipinski definition) is 3. The summed E-state index contributed by atoms with van der Waals surface area (Å²) >= 11 is 0. The van der Waals surface area contributed by atoms with E-state index in [1.807, 2.05) is 18.2 Å². The first-order valence-corrected chi connectivity index (χ1v) is 8.08. The number of nitrogens with two attached hydrogens (primary N) is 1. The predicted octanol–water partition coefficient (Wildman–Crippen LogP) is 2.60. The van der Waals surface area contributed by atoms with E-state index in [1.165, 1.54) is 18.4 Å². The maximum Gasteiger partial charge on any atom is 0.260 e. The summed E-state index contributed by atoms with van der Waals surface area (Å²) in [6.45, 7) is 8.76. The Labute approximate surface area is 133 Å². The molecule has 122 valence electrons. The van der Waals surface area contributed by atoms with Crippen LogP contribution in [0.3, 0.4) is 0 Å². The van der Waals surface area contributed by atoms with Crippen LogP contribution in [-0.2, 0) is 10.2 Å². The topological polar surface area (TPSA) is 64.3 Å². The number of hydrogen-bond donors (Lipinski definition) is 2. The van der Waals surface area contributed by atoms with Crippen LogP contribution in [0.5, 0.6) is 5.75 Å². The number of carbonyl (C=O) groups excluding carboxylic acids is 1. The summed E-state index contributed by atoms with van der Waals surface area (Å²) in [5.41, 5.74) is 7.24. The molecule has 2 rings (SSSR count). The first kappa shape index (κ1) is 16.8. The van der Waals surface area contributed by atoms with Crippen molar-refractivity contribution in [2.45, 2.75) is 58.1 Å². The summed E-state index contributed by atoms with van der Waals surface area (Å²) in [6.07, 6.45) is 1.84. The third kappa shape index (κ3) is 4.73. The molecule has 1 aromatic carbocycles. The Morgan fingerprint density at radius 2 is 2.09 bits per heavy atom. The molecule has 0 heterocycles. The van der Waals surface area contributed by atoms with Crippen molar-refractivity contribution in [1.82, 2.24) is 5.32 Å². The lowest BCUT2D eigenvalue weighted by molar-refractivity contribution is -0.127. The van der Waals surface area contributed by atoms with E-state index in [4.69, 9.17) is 10.5 Å². The number of carbonyl (C=O) groups is 1. The molecule has 4 nitrogen and oxygen atoms in total. The molecule has 0 radical (unpaired) electrons. The van der Waals surface area contributed by atoms with Gasteiger partial charge in [0.1, 0.15) is 5.75 Å². The zero-order valence-electron chi connectivity index (χ0n) is 14.1. The lowest BCUT2D eigenvalue weighted by atomic mass is 9.87. The molecule has 0 bridgehead atoms. The zero-order chi connectivity index (χ0) is 16.3. The molecule has 0 spiro atoms. The van der Waals surface area contributed by atoms with Crippen molar-refractivity contribution >= 4 is 5.91 Å². The quantitative estimate of drug-likeness (QED) is 0.849. The Morgan fingerprint density at radius 1 is 1.41 bits per heavy atom. The highest BCUT2D eigenvalue weighted by Gasteiger charge is 2.29. The minimum absolute atomic E-state index is 0.0574. The first-order chi connectivity index (χ1) is 10.3. The lowest BCUT2D eigenvalue weighted by Crippen LogP contribution is -2.43. The molecule has 1 saturated carbocycles. The molecule has 2 unspecified atom stereocenters. The highest BCUT2D eigenvalue weighted by atomic mass is 16.5. The Hall–Kier alpha value is -1.55. The first-order valence-electron chi connectivity index (χ1n) is 8.08. The maximum atomic E-state index is 12.1. The van der Waals surface area contributed by atoms with Gasteiger partial charge >= 0.3 is 0 Å². The van der Waals surface area contributed by atoms with E-state index in [9.17, 15) is 4.79 Å². The number of amides is 1. The van der Waals surface area contributed by atoms with Crippen molar-refractivity contribution in [3.05, 3.63) is 29.8 Å². The highest BCUT2D eigenvalue weighted by Crippen LogP contribution is 2.31. The van der Waals surface area contributed by atoms with Crippen LogP contribution < -0.4 is 15.8 Å². The minimum Gasteiger partial charge on any atom is -0.481 e. The summed E-state index contributed by atoms with van der Waals surface area (Å²) in [5, 5.41) is 2.88. The van der Waals surface area contributed by atoms with Crippen molar-refractivity contribution < 1.29 is 9.53 Å². The summed E-state index contributed by atoms with van der Waals surface area (Å²) in [4.78, 5) is 12.1. The van der Waals surface area contributed by atoms with Crippen LogP contribution in [-0.4, -0.2) is 24.6 Å². The molecule has 0 aliphatic heterocycles. The number of benzene rings is 1. The van der Waals surface area contributed by atoms with Crippen molar-refractivity contribution in [2.75, 3.05) is 6.54 Å². The average molecular weight is 304 g/mol. The second kappa shape index (κ2) is 6.69. The van der Waals surface area contributed by atoms with Gasteiger partial charge in [-0.05, 0) is 48.8 Å². The molecule has 1 aliphatic rings. The van der Waals surface area contributed by atoms with E-state index >= 15 is 0 Å². The van der Waals surface area contributed by atoms with Crippen molar-refractivity contribution in [1.29, 1.82) is 0 Å². The van der Waals surface area contributed by atoms with Gasteiger partial charge in [0.2, 0.25) is 0 Å². The Kier molecular flexibility index (Phi) is 5.12. The highest BCUT2D eigenvalue weighted by molar-refractivity contribution is 5.80. The van der Waals surface area contributed by atoms with Crippen molar-refractivity contribution in [2.24, 2.45) is 11.7 Å². The van der Waals surface area contributed by atoms with E-state index < -0.39 is 6.10 Å². The van der Waals surface area contributed by atoms with E-state index in [2.05, 4.69) is 32.2 Å². The average Bonchev–Trinajstić information content (AvgIpc) is 3.28. The Bertz CT molecular complexity index is 518. The number of rotatable bonds is 6. The fourth-order valence-electron chi connectivity index (χ4n) is 2.35. The second-order valence-corrected chi connectivity index (χ2v) is 7.28. The van der Waals surface area contributed by atoms with Crippen LogP contribution in [0.2, 0.25) is 0 Å². The van der Waals surface area contributed by atoms with Gasteiger partial charge in [-0.25, -0.2) is 0 Å². The summed E-state index contributed by atoms with van der Waals surface area (Å²) < 4.78 is 5.77. The smallest absolute Gasteiger partial charge is 0.260 e. The van der Waals surface area contributed by atoms with E-state index in [0.29, 0.717) is 12.5 Å². The van der Waals surface area contributed by atoms with Crippen LogP contribution in [0.4, 0.5) is 0 Å². The standard InChI is InChI=1S/C18H28N2O2/c1-12(17(21)20-11-16(19)13-8-9-13)22-15-7-5-6-14(10-15)18(2,3)4/h5-7,10,12-13,16H,8-9,11,19H2,1-4H3,(H,20,21). The molecule has 4 heteroatoms. The van der Waals surface area contributed by atoms with Gasteiger partial charge in [-0.3, -0.25) is 4.79 Å².